The second kappa shape index (κ2) is 5.91. The van der Waals surface area contributed by atoms with Gasteiger partial charge in [0.05, 0.1) is 9.90 Å². The fourth-order valence-electron chi connectivity index (χ4n) is 1.36. The van der Waals surface area contributed by atoms with Crippen molar-refractivity contribution in [3.8, 4) is 9.88 Å². The molecule has 0 atom stereocenters. The van der Waals surface area contributed by atoms with Gasteiger partial charge in [0.2, 0.25) is 0 Å². The first-order chi connectivity index (χ1) is 8.22. The molecular weight excluding hydrogens is 274 g/mol. The molecule has 0 aliphatic carbocycles. The van der Waals surface area contributed by atoms with Crippen molar-refractivity contribution in [2.75, 3.05) is 6.54 Å². The van der Waals surface area contributed by atoms with E-state index in [2.05, 4.69) is 22.4 Å². The van der Waals surface area contributed by atoms with Crippen molar-refractivity contribution in [3.63, 3.8) is 0 Å². The number of aromatic nitrogens is 2. The molecule has 0 amide bonds. The van der Waals surface area contributed by atoms with E-state index in [-0.39, 0.29) is 0 Å². The molecule has 17 heavy (non-hydrogen) atoms. The molecule has 1 N–H and O–H groups in total. The van der Waals surface area contributed by atoms with Crippen LogP contribution in [0, 0.1) is 6.92 Å². The zero-order valence-electron chi connectivity index (χ0n) is 9.79. The molecule has 0 radical (unpaired) electrons. The quantitative estimate of drug-likeness (QED) is 0.852. The van der Waals surface area contributed by atoms with Gasteiger partial charge in [0.25, 0.3) is 0 Å². The number of halogens is 1. The van der Waals surface area contributed by atoms with Crippen molar-refractivity contribution in [2.24, 2.45) is 0 Å². The summed E-state index contributed by atoms with van der Waals surface area (Å²) in [6.45, 7) is 5.95. The lowest BCUT2D eigenvalue weighted by Gasteiger charge is -1.96. The monoisotopic (exact) mass is 287 g/mol. The van der Waals surface area contributed by atoms with Gasteiger partial charge in [0.15, 0.2) is 5.01 Å². The first kappa shape index (κ1) is 13.0. The Kier molecular flexibility index (Phi) is 4.50. The number of hydrogen-bond donors (Lipinski definition) is 1. The minimum atomic E-state index is 0.785. The predicted octanol–water partition coefficient (Wildman–Crippen LogP) is 3.73. The van der Waals surface area contributed by atoms with Crippen LogP contribution in [-0.2, 0) is 6.54 Å². The van der Waals surface area contributed by atoms with Crippen molar-refractivity contribution in [3.05, 3.63) is 21.0 Å². The number of aryl methyl sites for hydroxylation is 1. The molecule has 0 unspecified atom stereocenters. The molecule has 0 saturated carbocycles. The molecule has 6 heteroatoms. The zero-order chi connectivity index (χ0) is 12.3. The Hall–Kier alpha value is -0.490. The average molecular weight is 288 g/mol. The standard InChI is InChI=1S/C11H14ClN3S2/c1-3-4-13-5-8-14-15-11(17-8)10-9(12)7(2)6-16-10/h6,13H,3-5H2,1-2H3. The number of nitrogens with zero attached hydrogens (tertiary/aromatic N) is 2. The Morgan fingerprint density at radius 1 is 1.41 bits per heavy atom. The molecule has 2 aromatic rings. The van der Waals surface area contributed by atoms with E-state index in [4.69, 9.17) is 11.6 Å². The molecule has 0 spiro atoms. The first-order valence-electron chi connectivity index (χ1n) is 5.49. The van der Waals surface area contributed by atoms with E-state index in [9.17, 15) is 0 Å². The molecule has 0 saturated heterocycles. The third-order valence-corrected chi connectivity index (χ3v) is 5.04. The van der Waals surface area contributed by atoms with E-state index in [0.29, 0.717) is 0 Å². The molecule has 0 aliphatic heterocycles. The maximum absolute atomic E-state index is 6.21. The Morgan fingerprint density at radius 2 is 2.24 bits per heavy atom. The lowest BCUT2D eigenvalue weighted by molar-refractivity contribution is 0.668. The van der Waals surface area contributed by atoms with Crippen molar-refractivity contribution in [2.45, 2.75) is 26.8 Å². The van der Waals surface area contributed by atoms with E-state index in [0.717, 1.165) is 45.0 Å². The maximum atomic E-state index is 6.21. The van der Waals surface area contributed by atoms with Gasteiger partial charge >= 0.3 is 0 Å². The van der Waals surface area contributed by atoms with Crippen LogP contribution in [0.1, 0.15) is 23.9 Å². The summed E-state index contributed by atoms with van der Waals surface area (Å²) in [6.07, 6.45) is 1.13. The molecule has 0 aromatic carbocycles. The minimum Gasteiger partial charge on any atom is -0.310 e. The van der Waals surface area contributed by atoms with Crippen molar-refractivity contribution in [1.82, 2.24) is 15.5 Å². The van der Waals surface area contributed by atoms with Gasteiger partial charge in [-0.25, -0.2) is 0 Å². The second-order valence-corrected chi connectivity index (χ2v) is 6.06. The number of rotatable bonds is 5. The van der Waals surface area contributed by atoms with Crippen LogP contribution >= 0.6 is 34.3 Å². The number of nitrogens with one attached hydrogen (secondary N) is 1. The summed E-state index contributed by atoms with van der Waals surface area (Å²) in [6, 6.07) is 0. The topological polar surface area (TPSA) is 37.8 Å². The zero-order valence-corrected chi connectivity index (χ0v) is 12.2. The van der Waals surface area contributed by atoms with Gasteiger partial charge in [-0.1, -0.05) is 29.9 Å². The molecule has 92 valence electrons. The van der Waals surface area contributed by atoms with E-state index in [1.165, 1.54) is 0 Å². The Labute approximate surface area is 114 Å². The molecule has 0 bridgehead atoms. The van der Waals surface area contributed by atoms with Crippen LogP contribution < -0.4 is 5.32 Å². The SMILES string of the molecule is CCCNCc1nnc(-c2scc(C)c2Cl)s1. The van der Waals surface area contributed by atoms with Gasteiger partial charge in [0.1, 0.15) is 5.01 Å². The average Bonchev–Trinajstić information content (AvgIpc) is 2.89. The van der Waals surface area contributed by atoms with Gasteiger partial charge < -0.3 is 5.32 Å². The minimum absolute atomic E-state index is 0.785. The van der Waals surface area contributed by atoms with Crippen LogP contribution in [0.25, 0.3) is 9.88 Å². The predicted molar refractivity (Wildman–Crippen MR) is 75.0 cm³/mol. The van der Waals surface area contributed by atoms with Crippen molar-refractivity contribution < 1.29 is 0 Å². The Bertz CT molecular complexity index is 493. The highest BCUT2D eigenvalue weighted by Crippen LogP contribution is 2.37. The molecule has 2 heterocycles. The van der Waals surface area contributed by atoms with Crippen LogP contribution in [0.3, 0.4) is 0 Å². The van der Waals surface area contributed by atoms with Gasteiger partial charge in [-0.05, 0) is 30.8 Å². The van der Waals surface area contributed by atoms with Gasteiger partial charge in [-0.15, -0.1) is 21.5 Å². The third kappa shape index (κ3) is 3.04. The lowest BCUT2D eigenvalue weighted by Crippen LogP contribution is -2.13. The van der Waals surface area contributed by atoms with Gasteiger partial charge in [-0.2, -0.15) is 0 Å². The van der Waals surface area contributed by atoms with Crippen LogP contribution in [0.5, 0.6) is 0 Å². The normalized spacial score (nSPS) is 11.0. The molecule has 2 rings (SSSR count). The summed E-state index contributed by atoms with van der Waals surface area (Å²) in [5.74, 6) is 0. The number of thiophene rings is 1. The molecule has 0 aliphatic rings. The van der Waals surface area contributed by atoms with Crippen LogP contribution in [0.2, 0.25) is 5.02 Å². The molecule has 3 nitrogen and oxygen atoms in total. The summed E-state index contributed by atoms with van der Waals surface area (Å²) in [5, 5.41) is 16.5. The van der Waals surface area contributed by atoms with Crippen LogP contribution in [0.4, 0.5) is 0 Å². The smallest absolute Gasteiger partial charge is 0.159 e. The highest BCUT2D eigenvalue weighted by molar-refractivity contribution is 7.21. The lowest BCUT2D eigenvalue weighted by atomic mass is 10.3. The summed E-state index contributed by atoms with van der Waals surface area (Å²) >= 11 is 9.44. The van der Waals surface area contributed by atoms with Crippen molar-refractivity contribution in [1.29, 1.82) is 0 Å². The summed E-state index contributed by atoms with van der Waals surface area (Å²) in [4.78, 5) is 1.03. The van der Waals surface area contributed by atoms with E-state index in [1.54, 1.807) is 22.7 Å². The summed E-state index contributed by atoms with van der Waals surface area (Å²) in [5.41, 5.74) is 1.10. The summed E-state index contributed by atoms with van der Waals surface area (Å²) < 4.78 is 0. The first-order valence-corrected chi connectivity index (χ1v) is 7.56. The van der Waals surface area contributed by atoms with E-state index >= 15 is 0 Å². The Balaban J connectivity index is 2.10. The largest absolute Gasteiger partial charge is 0.310 e. The second-order valence-electron chi connectivity index (χ2n) is 3.74. The highest BCUT2D eigenvalue weighted by Gasteiger charge is 2.13. The molecular formula is C11H14ClN3S2. The van der Waals surface area contributed by atoms with E-state index < -0.39 is 0 Å². The van der Waals surface area contributed by atoms with Gasteiger partial charge in [0, 0.05) is 6.54 Å². The highest BCUT2D eigenvalue weighted by atomic mass is 35.5. The third-order valence-electron chi connectivity index (χ3n) is 2.26. The Morgan fingerprint density at radius 3 is 2.88 bits per heavy atom. The maximum Gasteiger partial charge on any atom is 0.159 e. The van der Waals surface area contributed by atoms with Crippen LogP contribution in [-0.4, -0.2) is 16.7 Å². The number of hydrogen-bond acceptors (Lipinski definition) is 5. The molecule has 2 aromatic heterocycles. The van der Waals surface area contributed by atoms with Gasteiger partial charge in [-0.3, -0.25) is 0 Å². The fourth-order valence-corrected chi connectivity index (χ4v) is 3.60. The summed E-state index contributed by atoms with van der Waals surface area (Å²) in [7, 11) is 0. The van der Waals surface area contributed by atoms with Crippen LogP contribution in [0.15, 0.2) is 5.38 Å². The fraction of sp³-hybridized carbons (Fsp3) is 0.455. The van der Waals surface area contributed by atoms with Crippen molar-refractivity contribution >= 4 is 34.3 Å². The van der Waals surface area contributed by atoms with E-state index in [1.807, 2.05) is 12.3 Å². The molecule has 0 fully saturated rings.